The van der Waals surface area contributed by atoms with Crippen LogP contribution in [0.2, 0.25) is 0 Å². The monoisotopic (exact) mass is 1470 g/mol. The van der Waals surface area contributed by atoms with E-state index in [9.17, 15) is 0 Å². The zero-order valence-electron chi connectivity index (χ0n) is 44.6. The first-order chi connectivity index (χ1) is 31.9. The summed E-state index contributed by atoms with van der Waals surface area (Å²) in [5, 5.41) is 0. The van der Waals surface area contributed by atoms with Gasteiger partial charge >= 0.3 is 41.0 Å². The van der Waals surface area contributed by atoms with Crippen LogP contribution in [0.25, 0.3) is 0 Å². The molecule has 430 valence electrons. The van der Waals surface area contributed by atoms with E-state index < -0.39 is 0 Å². The number of hydrogen-bond donors (Lipinski definition) is 0. The van der Waals surface area contributed by atoms with Crippen molar-refractivity contribution in [2.75, 3.05) is 14.7 Å². The lowest BCUT2D eigenvalue weighted by molar-refractivity contribution is -0.671. The minimum absolute atomic E-state index is 0. The molecule has 79 heavy (non-hydrogen) atoms. The van der Waals surface area contributed by atoms with Crippen LogP contribution in [0.1, 0.15) is 0 Å². The smallest absolute Gasteiger partial charge is 1.00 e. The number of hydrogen-bond acceptors (Lipinski definition) is 3. The van der Waals surface area contributed by atoms with Crippen molar-refractivity contribution in [2.45, 2.75) is 0 Å². The molecule has 0 aromatic carbocycles. The van der Waals surface area contributed by atoms with Gasteiger partial charge in [-0.25, -0.2) is 41.1 Å². The molecule has 0 saturated carbocycles. The molecule has 9 aromatic heterocycles. The number of halogens is 13. The molecule has 0 aliphatic heterocycles. The van der Waals surface area contributed by atoms with Crippen LogP contribution in [0, 0.1) is 17.0 Å². The summed E-state index contributed by atoms with van der Waals surface area (Å²) < 4.78 is 18.4. The molecule has 0 fully saturated rings. The van der Waals surface area contributed by atoms with E-state index in [1.54, 1.807) is 0 Å². The fourth-order valence-electron chi connectivity index (χ4n) is 7.12. The van der Waals surface area contributed by atoms with Crippen LogP contribution in [0.15, 0.2) is 221 Å². The summed E-state index contributed by atoms with van der Waals surface area (Å²) in [5.41, 5.74) is 10.3. The van der Waals surface area contributed by atoms with Gasteiger partial charge in [-0.05, 0) is 0 Å². The lowest BCUT2D eigenvalue weighted by atomic mass is 10.2. The summed E-state index contributed by atoms with van der Waals surface area (Å²) in [5.74, 6) is 0. The third-order valence-corrected chi connectivity index (χ3v) is 11.0. The van der Waals surface area contributed by atoms with Gasteiger partial charge < -0.3 is 151 Å². The van der Waals surface area contributed by atoms with Crippen molar-refractivity contribution in [1.82, 2.24) is 0 Å². The fraction of sp³-hybridized carbons (Fsp3) is 0.167. The van der Waals surface area contributed by atoms with E-state index in [0.29, 0.717) is 0 Å². The minimum atomic E-state index is 0. The zero-order chi connectivity index (χ0) is 46.6. The molecule has 0 unspecified atom stereocenters. The van der Waals surface area contributed by atoms with E-state index in [-0.39, 0.29) is 177 Å². The van der Waals surface area contributed by atoms with Crippen LogP contribution in [0.5, 0.6) is 0 Å². The van der Waals surface area contributed by atoms with E-state index in [2.05, 4.69) is 235 Å². The van der Waals surface area contributed by atoms with Crippen LogP contribution in [0.3, 0.4) is 0 Å². The van der Waals surface area contributed by atoms with Gasteiger partial charge in [-0.2, -0.15) is 0 Å². The Bertz CT molecular complexity index is 2300. The average molecular weight is 1480 g/mol. The maximum atomic E-state index is 2.25. The van der Waals surface area contributed by atoms with Gasteiger partial charge in [0.2, 0.25) is 0 Å². The van der Waals surface area contributed by atoms with Gasteiger partial charge in [0.05, 0.1) is 51.2 Å². The van der Waals surface area contributed by atoms with E-state index in [0.717, 1.165) is 51.2 Å². The largest absolute Gasteiger partial charge is 1.00 e. The first kappa shape index (κ1) is 89.0. The van der Waals surface area contributed by atoms with Gasteiger partial charge in [0.15, 0.2) is 112 Å². The molecular weight excluding hydrogens is 1410 g/mol. The number of aryl methyl sites for hydroxylation is 9. The lowest BCUT2D eigenvalue weighted by Crippen LogP contribution is -3.00. The molecule has 0 atom stereocenters. The normalized spacial score (nSPS) is 8.77. The second-order valence-corrected chi connectivity index (χ2v) is 16.5. The molecule has 0 aliphatic carbocycles. The second-order valence-electron chi connectivity index (χ2n) is 16.5. The molecule has 0 N–H and O–H groups in total. The number of aromatic nitrogens is 9. The Morgan fingerprint density at radius 1 is 0.177 bits per heavy atom. The SMILES string of the molecule is C[n+]1ccc(N(c2cc[n+](C)cc2)c2cc[n+](C)cc2)cc1.C[n+]1ccc(N(c2cc[n+](C)cc2)c2cc[n+](C)cc2)cc1.C[n+]1ccc(N(c2cc[n+](C)cc2)c2cc[n+](C)cc2)cc1.[Br+].[Cl-].[Cl-].[Cl-].[Cl-].[Cl-].[Cl-].[Cl-].[Cl-].[Cl-].[Cl-].[Cl-].[I+]. The highest BCUT2D eigenvalue weighted by Gasteiger charge is 2.18. The van der Waals surface area contributed by atoms with Gasteiger partial charge in [-0.15, -0.1) is 0 Å². The van der Waals surface area contributed by atoms with Crippen molar-refractivity contribution >= 4 is 51.2 Å². The Balaban J connectivity index is -0.000000182. The second kappa shape index (κ2) is 43.8. The number of pyridine rings is 9. The molecular formula is C54H63BrCl11IN12. The standard InChI is InChI=1S/3C18H21N4.Br.11ClH.I/c3*1-19-10-4-16(5-11-19)22(17-6-12-20(2)13-7-17)18-8-14-21(3)15-9-18;;;;;;;;;;;;;/h3*4-15H,1-3H3;;11*1H;/q3*+3;+1;;;;;;;;;;;;+1/p-11. The Morgan fingerprint density at radius 3 is 0.304 bits per heavy atom. The minimum Gasteiger partial charge on any atom is -1.00 e. The highest BCUT2D eigenvalue weighted by atomic mass is 127. The Hall–Kier alpha value is -3.85. The van der Waals surface area contributed by atoms with Crippen molar-refractivity contribution in [3.63, 3.8) is 0 Å². The Morgan fingerprint density at radius 2 is 0.241 bits per heavy atom. The summed E-state index contributed by atoms with van der Waals surface area (Å²) >= 11 is 0. The predicted molar refractivity (Wildman–Crippen MR) is 254 cm³/mol. The van der Waals surface area contributed by atoms with Crippen LogP contribution >= 0.6 is 0 Å². The van der Waals surface area contributed by atoms with Crippen molar-refractivity contribution < 1.29 is 219 Å². The van der Waals surface area contributed by atoms with E-state index >= 15 is 0 Å². The Labute approximate surface area is 563 Å². The maximum Gasteiger partial charge on any atom is 1.00 e. The zero-order valence-corrected chi connectivity index (χ0v) is 56.6. The van der Waals surface area contributed by atoms with Crippen LogP contribution in [0.4, 0.5) is 51.2 Å². The van der Waals surface area contributed by atoms with Gasteiger partial charge in [-0.1, -0.05) is 0 Å². The molecule has 9 heterocycles. The maximum absolute atomic E-state index is 2.25. The van der Waals surface area contributed by atoms with Gasteiger partial charge in [-0.3, -0.25) is 0 Å². The van der Waals surface area contributed by atoms with Crippen LogP contribution in [-0.4, -0.2) is 0 Å². The van der Waals surface area contributed by atoms with Gasteiger partial charge in [0.1, 0.15) is 63.4 Å². The number of nitrogens with zero attached hydrogens (tertiary/aromatic N) is 12. The van der Waals surface area contributed by atoms with Crippen molar-refractivity contribution in [3.8, 4) is 0 Å². The number of rotatable bonds is 9. The molecule has 12 nitrogen and oxygen atoms in total. The fourth-order valence-corrected chi connectivity index (χ4v) is 7.12. The van der Waals surface area contributed by atoms with Crippen molar-refractivity contribution in [1.29, 1.82) is 0 Å². The van der Waals surface area contributed by atoms with E-state index in [1.165, 1.54) is 0 Å². The molecule has 0 spiro atoms. The summed E-state index contributed by atoms with van der Waals surface area (Å²) in [6.45, 7) is 0. The summed E-state index contributed by atoms with van der Waals surface area (Å²) in [6.07, 6.45) is 37.1. The summed E-state index contributed by atoms with van der Waals surface area (Å²) in [6, 6.07) is 38.2. The molecule has 4 radical (unpaired) electrons. The van der Waals surface area contributed by atoms with Crippen molar-refractivity contribution in [3.05, 3.63) is 221 Å². The molecule has 0 aliphatic rings. The topological polar surface area (TPSA) is 44.6 Å². The Kier molecular flexibility index (Phi) is 49.4. The molecule has 9 rings (SSSR count). The molecule has 0 saturated heterocycles. The van der Waals surface area contributed by atoms with Crippen LogP contribution < -0.4 is 216 Å². The van der Waals surface area contributed by atoms with Crippen molar-refractivity contribution in [2.24, 2.45) is 63.4 Å². The van der Waals surface area contributed by atoms with Gasteiger partial charge in [0, 0.05) is 109 Å². The molecule has 25 heteroatoms. The summed E-state index contributed by atoms with van der Waals surface area (Å²) in [4.78, 5) is 6.75. The summed E-state index contributed by atoms with van der Waals surface area (Å²) in [7, 11) is 18.2. The molecule has 0 bridgehead atoms. The van der Waals surface area contributed by atoms with Crippen LogP contribution in [-0.2, 0) is 63.4 Å². The lowest BCUT2D eigenvalue weighted by Gasteiger charge is -2.23. The average Bonchev–Trinajstić information content (AvgIpc) is 3.33. The third-order valence-electron chi connectivity index (χ3n) is 11.0. The third kappa shape index (κ3) is 25.9. The predicted octanol–water partition coefficient (Wildman–Crippen LogP) is -31.1. The highest BCUT2D eigenvalue weighted by Crippen LogP contribution is 2.35. The molecule has 9 aromatic rings. The quantitative estimate of drug-likeness (QED) is 0.107. The van der Waals surface area contributed by atoms with E-state index in [1.807, 2.05) is 105 Å². The highest BCUT2D eigenvalue weighted by molar-refractivity contribution is 5.77. The first-order valence-corrected chi connectivity index (χ1v) is 21.9. The van der Waals surface area contributed by atoms with E-state index in [4.69, 9.17) is 0 Å². The molecule has 0 amide bonds. The van der Waals surface area contributed by atoms with Gasteiger partial charge in [0.25, 0.3) is 0 Å². The first-order valence-electron chi connectivity index (χ1n) is 21.9. The number of anilines is 9.